The van der Waals surface area contributed by atoms with Gasteiger partial charge in [-0.3, -0.25) is 4.98 Å². The van der Waals surface area contributed by atoms with Gasteiger partial charge in [-0.25, -0.2) is 15.0 Å². The molecular weight excluding hydrogens is 393 g/mol. The molecule has 4 heterocycles. The van der Waals surface area contributed by atoms with E-state index in [1.807, 2.05) is 29.2 Å². The lowest BCUT2D eigenvalue weighted by molar-refractivity contribution is -0.141. The number of para-hydroxylation sites is 2. The minimum Gasteiger partial charge on any atom is -0.346 e. The molecule has 1 aromatic carbocycles. The number of fused-ring (bicyclic) bond motifs is 1. The fourth-order valence-corrected chi connectivity index (χ4v) is 3.81. The Morgan fingerprint density at radius 2 is 1.80 bits per heavy atom. The van der Waals surface area contributed by atoms with Crippen molar-refractivity contribution in [2.45, 2.75) is 25.1 Å². The van der Waals surface area contributed by atoms with Crippen LogP contribution >= 0.6 is 0 Å². The van der Waals surface area contributed by atoms with Gasteiger partial charge in [0.2, 0.25) is 0 Å². The zero-order valence-electron chi connectivity index (χ0n) is 15.8. The normalized spacial score (nSPS) is 17.0. The first-order chi connectivity index (χ1) is 14.5. The van der Waals surface area contributed by atoms with Crippen molar-refractivity contribution in [3.8, 4) is 11.4 Å². The van der Waals surface area contributed by atoms with Gasteiger partial charge >= 0.3 is 6.18 Å². The standard InChI is InChI=1S/C21H17F3N6/c22-21(23,24)17-12-18(29-19(28-17)13-7-9-25-10-8-13)30-11-3-6-16(30)20-26-14-4-1-2-5-15(14)27-20/h1-2,4-5,7-10,12,16H,3,6,11H2,(H,26,27)/t16-/m1/s1. The average molecular weight is 410 g/mol. The number of alkyl halides is 3. The molecule has 0 saturated carbocycles. The number of halogens is 3. The highest BCUT2D eigenvalue weighted by Gasteiger charge is 2.36. The topological polar surface area (TPSA) is 70.6 Å². The maximum absolute atomic E-state index is 13.6. The number of hydrogen-bond acceptors (Lipinski definition) is 5. The first-order valence-electron chi connectivity index (χ1n) is 9.57. The summed E-state index contributed by atoms with van der Waals surface area (Å²) in [5, 5.41) is 0. The number of nitrogens with one attached hydrogen (secondary N) is 1. The average Bonchev–Trinajstić information content (AvgIpc) is 3.40. The van der Waals surface area contributed by atoms with Crippen LogP contribution in [0.1, 0.15) is 30.4 Å². The van der Waals surface area contributed by atoms with Crippen LogP contribution in [-0.2, 0) is 6.18 Å². The Kier molecular flexibility index (Phi) is 4.38. The summed E-state index contributed by atoms with van der Waals surface area (Å²) < 4.78 is 40.7. The predicted molar refractivity (Wildman–Crippen MR) is 106 cm³/mol. The molecule has 5 rings (SSSR count). The second-order valence-corrected chi connectivity index (χ2v) is 7.16. The third-order valence-corrected chi connectivity index (χ3v) is 5.21. The molecule has 1 aliphatic heterocycles. The molecule has 0 aliphatic carbocycles. The van der Waals surface area contributed by atoms with E-state index in [2.05, 4.69) is 24.9 Å². The number of nitrogens with zero attached hydrogens (tertiary/aromatic N) is 5. The number of anilines is 1. The zero-order chi connectivity index (χ0) is 20.7. The number of pyridine rings is 1. The van der Waals surface area contributed by atoms with Crippen molar-refractivity contribution < 1.29 is 13.2 Å². The Labute approximate surface area is 169 Å². The Morgan fingerprint density at radius 3 is 2.57 bits per heavy atom. The first kappa shape index (κ1) is 18.5. The summed E-state index contributed by atoms with van der Waals surface area (Å²) in [5.41, 5.74) is 1.25. The molecule has 3 aromatic heterocycles. The quantitative estimate of drug-likeness (QED) is 0.527. The van der Waals surface area contributed by atoms with Gasteiger partial charge in [0.05, 0.1) is 17.1 Å². The van der Waals surface area contributed by atoms with E-state index in [-0.39, 0.29) is 17.7 Å². The first-order valence-corrected chi connectivity index (χ1v) is 9.57. The van der Waals surface area contributed by atoms with Crippen molar-refractivity contribution in [2.24, 2.45) is 0 Å². The van der Waals surface area contributed by atoms with E-state index in [0.29, 0.717) is 12.1 Å². The minimum atomic E-state index is -4.58. The molecule has 0 radical (unpaired) electrons. The predicted octanol–water partition coefficient (Wildman–Crippen LogP) is 4.78. The van der Waals surface area contributed by atoms with Gasteiger partial charge < -0.3 is 9.88 Å². The second-order valence-electron chi connectivity index (χ2n) is 7.16. The highest BCUT2D eigenvalue weighted by molar-refractivity contribution is 5.75. The fraction of sp³-hybridized carbons (Fsp3) is 0.238. The summed E-state index contributed by atoms with van der Waals surface area (Å²) >= 11 is 0. The van der Waals surface area contributed by atoms with Crippen LogP contribution in [0, 0.1) is 0 Å². The van der Waals surface area contributed by atoms with E-state index >= 15 is 0 Å². The Morgan fingerprint density at radius 1 is 1.00 bits per heavy atom. The number of H-pyrrole nitrogens is 1. The van der Waals surface area contributed by atoms with Crippen LogP contribution in [0.3, 0.4) is 0 Å². The van der Waals surface area contributed by atoms with Crippen molar-refractivity contribution >= 4 is 16.9 Å². The van der Waals surface area contributed by atoms with Crippen molar-refractivity contribution in [2.75, 3.05) is 11.4 Å². The molecule has 1 atom stereocenters. The lowest BCUT2D eigenvalue weighted by atomic mass is 10.2. The van der Waals surface area contributed by atoms with Gasteiger partial charge in [-0.1, -0.05) is 12.1 Å². The third kappa shape index (κ3) is 3.36. The molecule has 152 valence electrons. The number of aromatic amines is 1. The molecule has 4 aromatic rings. The van der Waals surface area contributed by atoms with Crippen molar-refractivity contribution in [3.63, 3.8) is 0 Å². The van der Waals surface area contributed by atoms with Gasteiger partial charge in [0, 0.05) is 30.6 Å². The molecule has 0 spiro atoms. The Balaban J connectivity index is 1.59. The zero-order valence-corrected chi connectivity index (χ0v) is 15.8. The molecule has 0 unspecified atom stereocenters. The molecule has 1 saturated heterocycles. The van der Waals surface area contributed by atoms with Gasteiger partial charge in [-0.05, 0) is 37.1 Å². The fourth-order valence-electron chi connectivity index (χ4n) is 3.81. The smallest absolute Gasteiger partial charge is 0.346 e. The van der Waals surface area contributed by atoms with Crippen LogP contribution in [0.5, 0.6) is 0 Å². The number of aromatic nitrogens is 5. The molecule has 0 amide bonds. The van der Waals surface area contributed by atoms with E-state index in [4.69, 9.17) is 0 Å². The molecule has 1 N–H and O–H groups in total. The van der Waals surface area contributed by atoms with Crippen LogP contribution in [0.4, 0.5) is 19.0 Å². The van der Waals surface area contributed by atoms with Crippen LogP contribution in [0.25, 0.3) is 22.4 Å². The molecule has 6 nitrogen and oxygen atoms in total. The number of benzene rings is 1. The number of rotatable bonds is 3. The lowest BCUT2D eigenvalue weighted by Gasteiger charge is -2.25. The molecule has 1 fully saturated rings. The monoisotopic (exact) mass is 410 g/mol. The van der Waals surface area contributed by atoms with Crippen LogP contribution in [0.15, 0.2) is 54.9 Å². The van der Waals surface area contributed by atoms with Gasteiger partial charge in [0.25, 0.3) is 0 Å². The number of imidazole rings is 1. The minimum absolute atomic E-state index is 0.0254. The van der Waals surface area contributed by atoms with Crippen LogP contribution in [0.2, 0.25) is 0 Å². The van der Waals surface area contributed by atoms with Crippen LogP contribution in [-0.4, -0.2) is 31.5 Å². The van der Waals surface area contributed by atoms with E-state index in [1.165, 1.54) is 12.4 Å². The molecule has 9 heteroatoms. The number of hydrogen-bond donors (Lipinski definition) is 1. The Bertz CT molecular complexity index is 1160. The summed E-state index contributed by atoms with van der Waals surface area (Å²) in [6.45, 7) is 0.589. The van der Waals surface area contributed by atoms with Gasteiger partial charge in [-0.2, -0.15) is 13.2 Å². The van der Waals surface area contributed by atoms with Gasteiger partial charge in [0.15, 0.2) is 11.5 Å². The van der Waals surface area contributed by atoms with E-state index in [9.17, 15) is 13.2 Å². The van der Waals surface area contributed by atoms with E-state index < -0.39 is 11.9 Å². The second kappa shape index (κ2) is 7.08. The molecule has 1 aliphatic rings. The summed E-state index contributed by atoms with van der Waals surface area (Å²) in [6, 6.07) is 11.7. The highest BCUT2D eigenvalue weighted by atomic mass is 19.4. The van der Waals surface area contributed by atoms with Gasteiger partial charge in [-0.15, -0.1) is 0 Å². The molecular formula is C21H17F3N6. The van der Waals surface area contributed by atoms with E-state index in [1.54, 1.807) is 12.1 Å². The highest BCUT2D eigenvalue weighted by Crippen LogP contribution is 2.38. The van der Waals surface area contributed by atoms with Gasteiger partial charge in [0.1, 0.15) is 11.6 Å². The maximum Gasteiger partial charge on any atom is 0.433 e. The SMILES string of the molecule is FC(F)(F)c1cc(N2CCC[C@@H]2c2nc3ccccc3[nH]2)nc(-c2ccncc2)n1. The molecule has 0 bridgehead atoms. The van der Waals surface area contributed by atoms with E-state index in [0.717, 1.165) is 35.8 Å². The summed E-state index contributed by atoms with van der Waals surface area (Å²) in [5.74, 6) is 0.996. The third-order valence-electron chi connectivity index (χ3n) is 5.21. The lowest BCUT2D eigenvalue weighted by Crippen LogP contribution is -2.25. The Hall–Kier alpha value is -3.49. The maximum atomic E-state index is 13.6. The van der Waals surface area contributed by atoms with Crippen LogP contribution < -0.4 is 4.90 Å². The molecule has 30 heavy (non-hydrogen) atoms. The largest absolute Gasteiger partial charge is 0.433 e. The summed E-state index contributed by atoms with van der Waals surface area (Å²) in [4.78, 5) is 22.0. The van der Waals surface area contributed by atoms with Crippen molar-refractivity contribution in [1.82, 2.24) is 24.9 Å². The summed E-state index contributed by atoms with van der Waals surface area (Å²) in [7, 11) is 0. The summed E-state index contributed by atoms with van der Waals surface area (Å²) in [6.07, 6.45) is 0.0405. The van der Waals surface area contributed by atoms with Crippen molar-refractivity contribution in [3.05, 3.63) is 66.4 Å². The van der Waals surface area contributed by atoms with Crippen molar-refractivity contribution in [1.29, 1.82) is 0 Å².